The lowest BCUT2D eigenvalue weighted by Gasteiger charge is -2.32. The predicted octanol–water partition coefficient (Wildman–Crippen LogP) is 5.71. The summed E-state index contributed by atoms with van der Waals surface area (Å²) in [5.41, 5.74) is 3.16. The zero-order chi connectivity index (χ0) is 25.8. The van der Waals surface area contributed by atoms with Crippen molar-refractivity contribution < 1.29 is 14.3 Å². The van der Waals surface area contributed by atoms with Crippen molar-refractivity contribution in [2.24, 2.45) is 0 Å². The zero-order valence-electron chi connectivity index (χ0n) is 21.7. The fourth-order valence-corrected chi connectivity index (χ4v) is 4.08. The lowest BCUT2D eigenvalue weighted by atomic mass is 10.0. The summed E-state index contributed by atoms with van der Waals surface area (Å²) >= 11 is 0. The van der Waals surface area contributed by atoms with Crippen LogP contribution in [0.1, 0.15) is 49.8 Å². The van der Waals surface area contributed by atoms with E-state index in [4.69, 9.17) is 4.74 Å². The molecule has 0 unspecified atom stereocenters. The average Bonchev–Trinajstić information content (AvgIpc) is 2.89. The number of hydrogen-bond acceptors (Lipinski definition) is 3. The number of carbonyl (C=O) groups excluding carboxylic acids is 2. The highest BCUT2D eigenvalue weighted by Crippen LogP contribution is 2.18. The van der Waals surface area contributed by atoms with Crippen LogP contribution < -0.4 is 10.1 Å². The molecule has 2 atom stereocenters. The van der Waals surface area contributed by atoms with Crippen molar-refractivity contribution in [2.45, 2.75) is 65.1 Å². The summed E-state index contributed by atoms with van der Waals surface area (Å²) in [4.78, 5) is 28.9. The van der Waals surface area contributed by atoms with Gasteiger partial charge in [-0.25, -0.2) is 0 Å². The van der Waals surface area contributed by atoms with E-state index < -0.39 is 6.04 Å². The summed E-state index contributed by atoms with van der Waals surface area (Å²) in [6, 6.07) is 27.0. The summed E-state index contributed by atoms with van der Waals surface area (Å²) in [5.74, 6) is 0.625. The molecule has 0 bridgehead atoms. The molecule has 0 radical (unpaired) electrons. The molecule has 2 amide bonds. The Labute approximate surface area is 215 Å². The monoisotopic (exact) mass is 486 g/mol. The van der Waals surface area contributed by atoms with E-state index in [1.54, 1.807) is 4.90 Å². The van der Waals surface area contributed by atoms with Gasteiger partial charge in [0.15, 0.2) is 0 Å². The highest BCUT2D eigenvalue weighted by Gasteiger charge is 2.30. The van der Waals surface area contributed by atoms with E-state index in [-0.39, 0.29) is 17.9 Å². The van der Waals surface area contributed by atoms with Crippen LogP contribution >= 0.6 is 0 Å². The molecule has 5 heteroatoms. The van der Waals surface area contributed by atoms with Crippen molar-refractivity contribution in [1.29, 1.82) is 0 Å². The van der Waals surface area contributed by atoms with Crippen LogP contribution in [0.2, 0.25) is 0 Å². The van der Waals surface area contributed by atoms with Gasteiger partial charge in [-0.2, -0.15) is 0 Å². The maximum absolute atomic E-state index is 13.6. The molecule has 0 aliphatic carbocycles. The topological polar surface area (TPSA) is 58.6 Å². The summed E-state index contributed by atoms with van der Waals surface area (Å²) in [7, 11) is 0. The highest BCUT2D eigenvalue weighted by atomic mass is 16.5. The van der Waals surface area contributed by atoms with E-state index in [1.165, 1.54) is 0 Å². The van der Waals surface area contributed by atoms with E-state index in [2.05, 4.69) is 11.4 Å². The number of hydrogen-bond donors (Lipinski definition) is 1. The van der Waals surface area contributed by atoms with Crippen molar-refractivity contribution in [1.82, 2.24) is 10.2 Å². The summed E-state index contributed by atoms with van der Waals surface area (Å²) in [6.07, 6.45) is 2.16. The Balaban J connectivity index is 1.80. The quantitative estimate of drug-likeness (QED) is 0.315. The Kier molecular flexibility index (Phi) is 10.6. The van der Waals surface area contributed by atoms with Crippen LogP contribution in [0.3, 0.4) is 0 Å². The maximum Gasteiger partial charge on any atom is 0.243 e. The molecular formula is C31H38N2O3. The molecule has 1 N–H and O–H groups in total. The third-order valence-corrected chi connectivity index (χ3v) is 6.25. The standard InChI is InChI=1S/C31H38N2O3/c1-4-25(3)32-31(35)29(22-26-14-7-5-8-15-26)33(23-27-16-11-13-24(2)21-27)30(34)19-12-20-36-28-17-9-6-10-18-28/h5-11,13-18,21,25,29H,4,12,19-20,22-23H2,1-3H3,(H,32,35)/t25-,29-/m0/s1. The van der Waals surface area contributed by atoms with Gasteiger partial charge in [-0.3, -0.25) is 9.59 Å². The molecule has 0 heterocycles. The van der Waals surface area contributed by atoms with Crippen molar-refractivity contribution >= 4 is 11.8 Å². The second-order valence-corrected chi connectivity index (χ2v) is 9.30. The normalized spacial score (nSPS) is 12.4. The minimum atomic E-state index is -0.607. The number of aryl methyl sites for hydroxylation is 1. The molecule has 3 aromatic carbocycles. The first-order chi connectivity index (χ1) is 17.5. The number of carbonyl (C=O) groups is 2. The van der Waals surface area contributed by atoms with Crippen molar-refractivity contribution in [3.63, 3.8) is 0 Å². The molecule has 0 fully saturated rings. The lowest BCUT2D eigenvalue weighted by Crippen LogP contribution is -2.52. The van der Waals surface area contributed by atoms with Gasteiger partial charge in [-0.1, -0.05) is 85.3 Å². The summed E-state index contributed by atoms with van der Waals surface area (Å²) in [5, 5.41) is 3.11. The van der Waals surface area contributed by atoms with Gasteiger partial charge in [0.2, 0.25) is 11.8 Å². The average molecular weight is 487 g/mol. The SMILES string of the molecule is CC[C@H](C)NC(=O)[C@H](Cc1ccccc1)N(Cc1cccc(C)c1)C(=O)CCCOc1ccccc1. The molecule has 3 aromatic rings. The third kappa shape index (κ3) is 8.56. The first-order valence-electron chi connectivity index (χ1n) is 12.8. The van der Waals surface area contributed by atoms with E-state index >= 15 is 0 Å². The molecular weight excluding hydrogens is 448 g/mol. The number of nitrogens with zero attached hydrogens (tertiary/aromatic N) is 1. The third-order valence-electron chi connectivity index (χ3n) is 6.25. The van der Waals surface area contributed by atoms with Gasteiger partial charge in [0.25, 0.3) is 0 Å². The number of rotatable bonds is 13. The molecule has 3 rings (SSSR count). The second kappa shape index (κ2) is 14.1. The molecule has 36 heavy (non-hydrogen) atoms. The van der Waals surface area contributed by atoms with Gasteiger partial charge in [-0.05, 0) is 49.9 Å². The zero-order valence-corrected chi connectivity index (χ0v) is 21.7. The molecule has 190 valence electrons. The van der Waals surface area contributed by atoms with Gasteiger partial charge in [0.1, 0.15) is 11.8 Å². The van der Waals surface area contributed by atoms with Crippen molar-refractivity contribution in [2.75, 3.05) is 6.61 Å². The Morgan fingerprint density at radius 1 is 0.917 bits per heavy atom. The van der Waals surface area contributed by atoms with Crippen molar-refractivity contribution in [3.05, 3.63) is 102 Å². The van der Waals surface area contributed by atoms with Crippen LogP contribution in [0.25, 0.3) is 0 Å². The highest BCUT2D eigenvalue weighted by molar-refractivity contribution is 5.88. The molecule has 0 saturated heterocycles. The van der Waals surface area contributed by atoms with Crippen LogP contribution in [0.5, 0.6) is 5.75 Å². The van der Waals surface area contributed by atoms with Crippen LogP contribution in [-0.4, -0.2) is 35.4 Å². The Morgan fingerprint density at radius 2 is 1.58 bits per heavy atom. The van der Waals surface area contributed by atoms with Crippen LogP contribution in [0.15, 0.2) is 84.9 Å². The van der Waals surface area contributed by atoms with Crippen LogP contribution in [0.4, 0.5) is 0 Å². The molecule has 0 saturated carbocycles. The van der Waals surface area contributed by atoms with E-state index in [9.17, 15) is 9.59 Å². The molecule has 0 aromatic heterocycles. The first-order valence-corrected chi connectivity index (χ1v) is 12.8. The van der Waals surface area contributed by atoms with Gasteiger partial charge in [0, 0.05) is 25.4 Å². The van der Waals surface area contributed by atoms with Gasteiger partial charge >= 0.3 is 0 Å². The van der Waals surface area contributed by atoms with Gasteiger partial charge in [0.05, 0.1) is 6.61 Å². The van der Waals surface area contributed by atoms with Gasteiger partial charge < -0.3 is 15.0 Å². The molecule has 0 aliphatic heterocycles. The van der Waals surface area contributed by atoms with Gasteiger partial charge in [-0.15, -0.1) is 0 Å². The van der Waals surface area contributed by atoms with Crippen LogP contribution in [0, 0.1) is 6.92 Å². The fraction of sp³-hybridized carbons (Fsp3) is 0.355. The number of nitrogens with one attached hydrogen (secondary N) is 1. The molecule has 0 aliphatic rings. The van der Waals surface area contributed by atoms with Crippen LogP contribution in [-0.2, 0) is 22.6 Å². The second-order valence-electron chi connectivity index (χ2n) is 9.30. The summed E-state index contributed by atoms with van der Waals surface area (Å²) < 4.78 is 5.79. The number of amides is 2. The number of ether oxygens (including phenoxy) is 1. The minimum Gasteiger partial charge on any atom is -0.494 e. The first kappa shape index (κ1) is 27.0. The van der Waals surface area contributed by atoms with Crippen molar-refractivity contribution in [3.8, 4) is 5.75 Å². The largest absolute Gasteiger partial charge is 0.494 e. The number of para-hydroxylation sites is 1. The Bertz CT molecular complexity index is 1090. The number of benzene rings is 3. The summed E-state index contributed by atoms with van der Waals surface area (Å²) in [6.45, 7) is 6.89. The molecule has 5 nitrogen and oxygen atoms in total. The van der Waals surface area contributed by atoms with E-state index in [0.717, 1.165) is 28.9 Å². The smallest absolute Gasteiger partial charge is 0.243 e. The minimum absolute atomic E-state index is 0.0333. The maximum atomic E-state index is 13.6. The van der Waals surface area contributed by atoms with E-state index in [1.807, 2.05) is 99.6 Å². The fourth-order valence-electron chi connectivity index (χ4n) is 4.08. The Morgan fingerprint density at radius 3 is 2.25 bits per heavy atom. The Hall–Kier alpha value is -3.60. The predicted molar refractivity (Wildman–Crippen MR) is 145 cm³/mol. The molecule has 0 spiro atoms. The lowest BCUT2D eigenvalue weighted by molar-refractivity contribution is -0.141. The van der Waals surface area contributed by atoms with E-state index in [0.29, 0.717) is 32.4 Å².